The SMILES string of the molecule is CC(C)(C)C(N)=NCc1ccc(F)c(F)c1. The Morgan fingerprint density at radius 1 is 1.25 bits per heavy atom. The van der Waals surface area contributed by atoms with Crippen LogP contribution in [0.25, 0.3) is 0 Å². The fraction of sp³-hybridized carbons (Fsp3) is 0.417. The van der Waals surface area contributed by atoms with Gasteiger partial charge in [-0.05, 0) is 17.7 Å². The van der Waals surface area contributed by atoms with Gasteiger partial charge in [-0.25, -0.2) is 8.78 Å². The maximum Gasteiger partial charge on any atom is 0.159 e. The first kappa shape index (κ1) is 12.6. The van der Waals surface area contributed by atoms with Crippen LogP contribution in [0.5, 0.6) is 0 Å². The van der Waals surface area contributed by atoms with Crippen LogP contribution in [0.2, 0.25) is 0 Å². The lowest BCUT2D eigenvalue weighted by Crippen LogP contribution is -2.28. The van der Waals surface area contributed by atoms with E-state index in [1.807, 2.05) is 20.8 Å². The highest BCUT2D eigenvalue weighted by molar-refractivity contribution is 5.85. The molecule has 4 heteroatoms. The number of benzene rings is 1. The van der Waals surface area contributed by atoms with E-state index in [1.165, 1.54) is 6.07 Å². The number of rotatable bonds is 2. The smallest absolute Gasteiger partial charge is 0.159 e. The van der Waals surface area contributed by atoms with Crippen molar-refractivity contribution in [3.05, 3.63) is 35.4 Å². The number of hydrogen-bond donors (Lipinski definition) is 1. The number of nitrogens with zero attached hydrogens (tertiary/aromatic N) is 1. The number of hydrogen-bond acceptors (Lipinski definition) is 1. The van der Waals surface area contributed by atoms with Crippen molar-refractivity contribution in [1.29, 1.82) is 0 Å². The molecule has 88 valence electrons. The van der Waals surface area contributed by atoms with E-state index in [0.717, 1.165) is 12.1 Å². The maximum atomic E-state index is 12.9. The van der Waals surface area contributed by atoms with E-state index in [9.17, 15) is 8.78 Å². The van der Waals surface area contributed by atoms with Crippen molar-refractivity contribution in [3.63, 3.8) is 0 Å². The Morgan fingerprint density at radius 2 is 1.88 bits per heavy atom. The summed E-state index contributed by atoms with van der Waals surface area (Å²) in [6.07, 6.45) is 0. The predicted molar refractivity (Wildman–Crippen MR) is 61.1 cm³/mol. The minimum absolute atomic E-state index is 0.210. The van der Waals surface area contributed by atoms with Crippen LogP contribution >= 0.6 is 0 Å². The molecular weight excluding hydrogens is 210 g/mol. The average molecular weight is 226 g/mol. The largest absolute Gasteiger partial charge is 0.387 e. The van der Waals surface area contributed by atoms with Gasteiger partial charge in [0.05, 0.1) is 12.4 Å². The lowest BCUT2D eigenvalue weighted by molar-refractivity contribution is 0.507. The molecule has 0 aliphatic heterocycles. The van der Waals surface area contributed by atoms with Gasteiger partial charge in [0.1, 0.15) is 0 Å². The Kier molecular flexibility index (Phi) is 3.62. The lowest BCUT2D eigenvalue weighted by Gasteiger charge is -2.17. The van der Waals surface area contributed by atoms with Crippen LogP contribution in [0.3, 0.4) is 0 Å². The van der Waals surface area contributed by atoms with Crippen LogP contribution in [0, 0.1) is 17.0 Å². The minimum atomic E-state index is -0.859. The summed E-state index contributed by atoms with van der Waals surface area (Å²) in [7, 11) is 0. The van der Waals surface area contributed by atoms with Gasteiger partial charge in [-0.15, -0.1) is 0 Å². The van der Waals surface area contributed by atoms with Crippen LogP contribution in [0.4, 0.5) is 8.78 Å². The van der Waals surface area contributed by atoms with Crippen molar-refractivity contribution >= 4 is 5.84 Å². The van der Waals surface area contributed by atoms with E-state index in [0.29, 0.717) is 11.4 Å². The Morgan fingerprint density at radius 3 is 2.38 bits per heavy atom. The van der Waals surface area contributed by atoms with Crippen molar-refractivity contribution in [3.8, 4) is 0 Å². The molecule has 0 aliphatic carbocycles. The fourth-order valence-electron chi connectivity index (χ4n) is 1.05. The van der Waals surface area contributed by atoms with Crippen LogP contribution in [0.1, 0.15) is 26.3 Å². The van der Waals surface area contributed by atoms with Crippen molar-refractivity contribution < 1.29 is 8.78 Å². The van der Waals surface area contributed by atoms with Crippen LogP contribution in [-0.2, 0) is 6.54 Å². The zero-order valence-electron chi connectivity index (χ0n) is 9.72. The Balaban J connectivity index is 2.79. The molecule has 0 saturated heterocycles. The molecule has 0 bridgehead atoms. The van der Waals surface area contributed by atoms with E-state index >= 15 is 0 Å². The summed E-state index contributed by atoms with van der Waals surface area (Å²) in [5, 5.41) is 0. The Bertz CT molecular complexity index is 406. The third kappa shape index (κ3) is 3.29. The molecule has 0 saturated carbocycles. The van der Waals surface area contributed by atoms with Crippen molar-refractivity contribution in [2.24, 2.45) is 16.1 Å². The summed E-state index contributed by atoms with van der Waals surface area (Å²) in [5.41, 5.74) is 6.14. The van der Waals surface area contributed by atoms with Crippen molar-refractivity contribution in [2.75, 3.05) is 0 Å². The number of amidine groups is 1. The summed E-state index contributed by atoms with van der Waals surface area (Å²) < 4.78 is 25.5. The first-order valence-electron chi connectivity index (χ1n) is 5.05. The quantitative estimate of drug-likeness (QED) is 0.611. The van der Waals surface area contributed by atoms with E-state index < -0.39 is 11.6 Å². The molecule has 2 nitrogen and oxygen atoms in total. The summed E-state index contributed by atoms with van der Waals surface area (Å²) in [4.78, 5) is 4.14. The Labute approximate surface area is 94.2 Å². The van der Waals surface area contributed by atoms with Crippen molar-refractivity contribution in [1.82, 2.24) is 0 Å². The second kappa shape index (κ2) is 4.60. The lowest BCUT2D eigenvalue weighted by atomic mass is 9.95. The summed E-state index contributed by atoms with van der Waals surface area (Å²) in [6, 6.07) is 3.72. The molecule has 0 radical (unpaired) electrons. The number of halogens is 2. The average Bonchev–Trinajstić information content (AvgIpc) is 2.18. The highest BCUT2D eigenvalue weighted by Crippen LogP contribution is 2.14. The monoisotopic (exact) mass is 226 g/mol. The first-order valence-corrected chi connectivity index (χ1v) is 5.05. The van der Waals surface area contributed by atoms with Crippen LogP contribution in [-0.4, -0.2) is 5.84 Å². The van der Waals surface area contributed by atoms with Gasteiger partial charge in [-0.1, -0.05) is 26.8 Å². The molecule has 1 aromatic rings. The standard InChI is InChI=1S/C12H16F2N2/c1-12(2,3)11(15)16-7-8-4-5-9(13)10(14)6-8/h4-6H,7H2,1-3H3,(H2,15,16). The number of aliphatic imine (C=N–C) groups is 1. The van der Waals surface area contributed by atoms with Gasteiger partial charge in [0.25, 0.3) is 0 Å². The molecule has 0 atom stereocenters. The molecule has 1 aromatic carbocycles. The second-order valence-electron chi connectivity index (χ2n) is 4.70. The van der Waals surface area contributed by atoms with Gasteiger partial charge in [0.2, 0.25) is 0 Å². The Hall–Kier alpha value is -1.45. The molecule has 0 amide bonds. The van der Waals surface area contributed by atoms with E-state index in [4.69, 9.17) is 5.73 Å². The third-order valence-electron chi connectivity index (χ3n) is 2.18. The highest BCUT2D eigenvalue weighted by Gasteiger charge is 2.14. The highest BCUT2D eigenvalue weighted by atomic mass is 19.2. The van der Waals surface area contributed by atoms with Gasteiger partial charge in [0, 0.05) is 5.41 Å². The van der Waals surface area contributed by atoms with Gasteiger partial charge < -0.3 is 5.73 Å². The van der Waals surface area contributed by atoms with Gasteiger partial charge in [-0.2, -0.15) is 0 Å². The fourth-order valence-corrected chi connectivity index (χ4v) is 1.05. The molecule has 0 aromatic heterocycles. The normalized spacial score (nSPS) is 12.9. The van der Waals surface area contributed by atoms with E-state index in [1.54, 1.807) is 0 Å². The predicted octanol–water partition coefficient (Wildman–Crippen LogP) is 2.87. The molecule has 1 rings (SSSR count). The molecule has 0 spiro atoms. The topological polar surface area (TPSA) is 38.4 Å². The number of nitrogens with two attached hydrogens (primary N) is 1. The third-order valence-corrected chi connectivity index (χ3v) is 2.18. The zero-order valence-corrected chi connectivity index (χ0v) is 9.72. The first-order chi connectivity index (χ1) is 7.30. The van der Waals surface area contributed by atoms with Gasteiger partial charge in [-0.3, -0.25) is 4.99 Å². The zero-order chi connectivity index (χ0) is 12.3. The second-order valence-corrected chi connectivity index (χ2v) is 4.70. The molecule has 0 heterocycles. The summed E-state index contributed by atoms with van der Waals surface area (Å²) in [5.74, 6) is -1.21. The van der Waals surface area contributed by atoms with Gasteiger partial charge >= 0.3 is 0 Å². The van der Waals surface area contributed by atoms with Gasteiger partial charge in [0.15, 0.2) is 11.6 Å². The van der Waals surface area contributed by atoms with Crippen molar-refractivity contribution in [2.45, 2.75) is 27.3 Å². The summed E-state index contributed by atoms with van der Waals surface area (Å²) in [6.45, 7) is 6.09. The van der Waals surface area contributed by atoms with Crippen LogP contribution in [0.15, 0.2) is 23.2 Å². The maximum absolute atomic E-state index is 12.9. The van der Waals surface area contributed by atoms with Crippen LogP contribution < -0.4 is 5.73 Å². The summed E-state index contributed by atoms with van der Waals surface area (Å²) >= 11 is 0. The molecular formula is C12H16F2N2. The minimum Gasteiger partial charge on any atom is -0.387 e. The van der Waals surface area contributed by atoms with E-state index in [-0.39, 0.29) is 12.0 Å². The van der Waals surface area contributed by atoms with E-state index in [2.05, 4.69) is 4.99 Å². The molecule has 0 fully saturated rings. The molecule has 0 aliphatic rings. The molecule has 2 N–H and O–H groups in total. The molecule has 0 unspecified atom stereocenters. The molecule has 16 heavy (non-hydrogen) atoms.